The molecule has 0 saturated carbocycles. The number of carbonyl (C=O) groups is 2. The molecule has 5 N–H and O–H groups in total. The first-order valence-corrected chi connectivity index (χ1v) is 15.9. The van der Waals surface area contributed by atoms with Crippen molar-refractivity contribution >= 4 is 68.2 Å². The minimum Gasteiger partial charge on any atom is -0.480 e. The first-order chi connectivity index (χ1) is 22.8. The van der Waals surface area contributed by atoms with Crippen LogP contribution in [0.2, 0.25) is 0 Å². The molecule has 6 rings (SSSR count). The van der Waals surface area contributed by atoms with Crippen LogP contribution in [-0.2, 0) is 27.2 Å². The van der Waals surface area contributed by atoms with Gasteiger partial charge in [0.15, 0.2) is 0 Å². The van der Waals surface area contributed by atoms with Gasteiger partial charge in [0.1, 0.15) is 22.1 Å². The average Bonchev–Trinajstić information content (AvgIpc) is 3.71. The van der Waals surface area contributed by atoms with Gasteiger partial charge in [-0.15, -0.1) is 0 Å². The minimum absolute atomic E-state index is 0.234. The highest BCUT2D eigenvalue weighted by Gasteiger charge is 2.25. The van der Waals surface area contributed by atoms with Gasteiger partial charge in [-0.2, -0.15) is 0 Å². The number of aromatic amines is 2. The quantitative estimate of drug-likeness (QED) is 0.0809. The number of aliphatic carboxylic acids is 1. The molecule has 6 aromatic rings. The van der Waals surface area contributed by atoms with Crippen LogP contribution >= 0.6 is 24.4 Å². The fraction of sp³-hybridized carbons (Fsp3) is 0.135. The number of rotatable bonds is 11. The molecule has 2 aromatic heterocycles. The highest BCUT2D eigenvalue weighted by Crippen LogP contribution is 2.29. The third-order valence-electron chi connectivity index (χ3n) is 8.23. The number of methoxy groups -OCH3 is 1. The lowest BCUT2D eigenvalue weighted by Crippen LogP contribution is -2.43. The molecule has 47 heavy (non-hydrogen) atoms. The maximum atomic E-state index is 13.0. The van der Waals surface area contributed by atoms with E-state index >= 15 is 0 Å². The van der Waals surface area contributed by atoms with Crippen LogP contribution in [0.25, 0.3) is 32.9 Å². The number of thiocarbonyl (C=S) groups is 2. The molecule has 0 aliphatic carbocycles. The summed E-state index contributed by atoms with van der Waals surface area (Å²) >= 11 is 11.7. The Bertz CT molecular complexity index is 2120. The van der Waals surface area contributed by atoms with Crippen LogP contribution in [0, 0.1) is 0 Å². The summed E-state index contributed by atoms with van der Waals surface area (Å²) in [4.78, 5) is 32.5. The summed E-state index contributed by atoms with van der Waals surface area (Å²) in [5, 5.41) is 18.5. The lowest BCUT2D eigenvalue weighted by Gasteiger charge is -2.21. The molecule has 10 heteroatoms. The van der Waals surface area contributed by atoms with Gasteiger partial charge in [0.25, 0.3) is 0 Å². The fourth-order valence-electron chi connectivity index (χ4n) is 5.88. The van der Waals surface area contributed by atoms with Crippen molar-refractivity contribution in [2.75, 3.05) is 7.11 Å². The van der Waals surface area contributed by atoms with Crippen LogP contribution in [0.15, 0.2) is 109 Å². The van der Waals surface area contributed by atoms with E-state index in [2.05, 4.69) is 20.6 Å². The summed E-state index contributed by atoms with van der Waals surface area (Å²) < 4.78 is 5.15. The zero-order chi connectivity index (χ0) is 32.9. The van der Waals surface area contributed by atoms with Crippen molar-refractivity contribution in [3.8, 4) is 11.1 Å². The van der Waals surface area contributed by atoms with Crippen molar-refractivity contribution in [3.63, 3.8) is 0 Å². The third-order valence-corrected chi connectivity index (χ3v) is 8.90. The Morgan fingerprint density at radius 2 is 1.11 bits per heavy atom. The molecule has 0 aliphatic heterocycles. The second-order valence-electron chi connectivity index (χ2n) is 11.1. The Morgan fingerprint density at radius 3 is 1.60 bits per heavy atom. The summed E-state index contributed by atoms with van der Waals surface area (Å²) in [6, 6.07) is 29.1. The number of H-pyrrole nitrogens is 2. The van der Waals surface area contributed by atoms with Gasteiger partial charge < -0.3 is 30.4 Å². The smallest absolute Gasteiger partial charge is 0.328 e. The summed E-state index contributed by atoms with van der Waals surface area (Å²) in [7, 11) is 1.36. The fourth-order valence-corrected chi connectivity index (χ4v) is 6.52. The van der Waals surface area contributed by atoms with E-state index in [9.17, 15) is 14.7 Å². The van der Waals surface area contributed by atoms with Crippen molar-refractivity contribution in [2.45, 2.75) is 24.9 Å². The number of esters is 1. The summed E-state index contributed by atoms with van der Waals surface area (Å²) in [6.07, 6.45) is 4.32. The molecule has 0 fully saturated rings. The molecule has 8 nitrogen and oxygen atoms in total. The minimum atomic E-state index is -1.01. The predicted octanol–water partition coefficient (Wildman–Crippen LogP) is 6.33. The third kappa shape index (κ3) is 6.79. The van der Waals surface area contributed by atoms with Crippen LogP contribution in [0.4, 0.5) is 0 Å². The normalized spacial score (nSPS) is 12.4. The molecule has 0 amide bonds. The number of fused-ring (bicyclic) bond motifs is 2. The Balaban J connectivity index is 1.26. The number of aromatic nitrogens is 2. The number of carboxylic acid groups (broad SMARTS) is 1. The molecule has 0 radical (unpaired) electrons. The van der Waals surface area contributed by atoms with Crippen molar-refractivity contribution in [2.24, 2.45) is 0 Å². The molecule has 2 atom stereocenters. The van der Waals surface area contributed by atoms with E-state index in [-0.39, 0.29) is 6.42 Å². The van der Waals surface area contributed by atoms with Gasteiger partial charge >= 0.3 is 11.9 Å². The summed E-state index contributed by atoms with van der Waals surface area (Å²) in [5.74, 6) is -1.44. The zero-order valence-corrected chi connectivity index (χ0v) is 27.1. The molecule has 0 unspecified atom stereocenters. The number of para-hydroxylation sites is 2. The monoisotopic (exact) mass is 660 g/mol. The lowest BCUT2D eigenvalue weighted by molar-refractivity contribution is -0.142. The van der Waals surface area contributed by atoms with E-state index in [4.69, 9.17) is 29.2 Å². The van der Waals surface area contributed by atoms with E-state index in [1.165, 1.54) is 7.11 Å². The standard InChI is InChI=1S/C37H32N4O4S2/c1-45-37(44)33(19-23-21-39-31-17-9-7-11-25(23)31)41-35(47)29-15-5-3-13-27(29)26-12-2-4-14-28(26)34(46)40-32(36(42)43)18-22-20-38-30-16-8-6-10-24(22)30/h2-17,20-21,32-33,38-39H,18-19H2,1H3,(H,40,46)(H,41,47)(H,42,43)/t32-,33-/m0/s1. The average molecular weight is 661 g/mol. The summed E-state index contributed by atoms with van der Waals surface area (Å²) in [6.45, 7) is 0. The highest BCUT2D eigenvalue weighted by atomic mass is 32.1. The first kappa shape index (κ1) is 31.7. The number of carboxylic acids is 1. The Hall–Kier alpha value is -5.32. The predicted molar refractivity (Wildman–Crippen MR) is 193 cm³/mol. The largest absolute Gasteiger partial charge is 0.480 e. The number of hydrogen-bond acceptors (Lipinski definition) is 5. The number of benzene rings is 4. The van der Waals surface area contributed by atoms with Crippen molar-refractivity contribution in [1.29, 1.82) is 0 Å². The van der Waals surface area contributed by atoms with Crippen LogP contribution < -0.4 is 10.6 Å². The molecule has 4 aromatic carbocycles. The van der Waals surface area contributed by atoms with Crippen molar-refractivity contribution in [1.82, 2.24) is 20.6 Å². The molecule has 0 saturated heterocycles. The second-order valence-corrected chi connectivity index (χ2v) is 11.9. The van der Waals surface area contributed by atoms with Gasteiger partial charge in [-0.25, -0.2) is 9.59 Å². The van der Waals surface area contributed by atoms with Gasteiger partial charge in [0, 0.05) is 58.2 Å². The van der Waals surface area contributed by atoms with Crippen LogP contribution in [-0.4, -0.2) is 56.2 Å². The Kier molecular flexibility index (Phi) is 9.42. The van der Waals surface area contributed by atoms with Gasteiger partial charge in [-0.05, 0) is 34.4 Å². The topological polar surface area (TPSA) is 119 Å². The van der Waals surface area contributed by atoms with Gasteiger partial charge in [0.05, 0.1) is 7.11 Å². The van der Waals surface area contributed by atoms with Crippen molar-refractivity contribution < 1.29 is 19.4 Å². The SMILES string of the molecule is COC(=O)[C@H](Cc1c[nH]c2ccccc12)NC(=S)c1ccccc1-c1ccccc1C(=S)N[C@@H](Cc1c[nH]c2ccccc12)C(=O)O. The van der Waals surface area contributed by atoms with E-state index in [0.717, 1.165) is 44.1 Å². The van der Waals surface area contributed by atoms with Crippen LogP contribution in [0.3, 0.4) is 0 Å². The van der Waals surface area contributed by atoms with Crippen LogP contribution in [0.5, 0.6) is 0 Å². The van der Waals surface area contributed by atoms with E-state index in [1.807, 2.05) is 109 Å². The summed E-state index contributed by atoms with van der Waals surface area (Å²) in [5.41, 5.74) is 6.66. The maximum absolute atomic E-state index is 13.0. The number of ether oxygens (including phenoxy) is 1. The molecule has 0 spiro atoms. The number of nitrogens with one attached hydrogen (secondary N) is 4. The molecular weight excluding hydrogens is 629 g/mol. The lowest BCUT2D eigenvalue weighted by atomic mass is 9.94. The van der Waals surface area contributed by atoms with E-state index < -0.39 is 24.0 Å². The van der Waals surface area contributed by atoms with Gasteiger partial charge in [0.2, 0.25) is 0 Å². The molecule has 2 heterocycles. The van der Waals surface area contributed by atoms with E-state index in [0.29, 0.717) is 27.5 Å². The van der Waals surface area contributed by atoms with Crippen LogP contribution in [0.1, 0.15) is 22.3 Å². The molecule has 0 bridgehead atoms. The first-order valence-electron chi connectivity index (χ1n) is 15.0. The van der Waals surface area contributed by atoms with Crippen molar-refractivity contribution in [3.05, 3.63) is 132 Å². The second kappa shape index (κ2) is 14.0. The Labute approximate surface area is 282 Å². The molecule has 236 valence electrons. The number of hydrogen-bond donors (Lipinski definition) is 5. The maximum Gasteiger partial charge on any atom is 0.328 e. The zero-order valence-electron chi connectivity index (χ0n) is 25.4. The Morgan fingerprint density at radius 1 is 0.681 bits per heavy atom. The molecule has 0 aliphatic rings. The highest BCUT2D eigenvalue weighted by molar-refractivity contribution is 7.81. The number of carbonyl (C=O) groups excluding carboxylic acids is 1. The van der Waals surface area contributed by atoms with Gasteiger partial charge in [-0.1, -0.05) is 109 Å². The van der Waals surface area contributed by atoms with Gasteiger partial charge in [-0.3, -0.25) is 0 Å². The van der Waals surface area contributed by atoms with E-state index in [1.54, 1.807) is 0 Å². The molecular formula is C37H32N4O4S2.